The van der Waals surface area contributed by atoms with Crippen LogP contribution >= 0.6 is 0 Å². The van der Waals surface area contributed by atoms with Crippen molar-refractivity contribution in [2.24, 2.45) is 12.5 Å². The van der Waals surface area contributed by atoms with Gasteiger partial charge in [0, 0.05) is 36.0 Å². The zero-order valence-electron chi connectivity index (χ0n) is 15.6. The fraction of sp³-hybridized carbons (Fsp3) is 0.429. The third kappa shape index (κ3) is 2.62. The number of benzene rings is 1. The van der Waals surface area contributed by atoms with Gasteiger partial charge in [-0.3, -0.25) is 9.59 Å². The third-order valence-electron chi connectivity index (χ3n) is 5.28. The fourth-order valence-corrected chi connectivity index (χ4v) is 4.12. The summed E-state index contributed by atoms with van der Waals surface area (Å²) in [6.07, 6.45) is 2.40. The van der Waals surface area contributed by atoms with Gasteiger partial charge in [0.25, 0.3) is 0 Å². The molecule has 138 valence electrons. The summed E-state index contributed by atoms with van der Waals surface area (Å²) in [4.78, 5) is 25.8. The molecule has 0 spiro atoms. The van der Waals surface area contributed by atoms with E-state index in [0.717, 1.165) is 22.2 Å². The van der Waals surface area contributed by atoms with Crippen LogP contribution in [0.5, 0.6) is 0 Å². The first kappa shape index (κ1) is 18.2. The molecule has 1 unspecified atom stereocenters. The molecule has 1 aliphatic carbocycles. The summed E-state index contributed by atoms with van der Waals surface area (Å²) >= 11 is 0. The van der Waals surface area contributed by atoms with Gasteiger partial charge in [-0.25, -0.2) is 0 Å². The maximum atomic E-state index is 12.9. The Morgan fingerprint density at radius 3 is 2.42 bits per heavy atom. The second-order valence-electron chi connectivity index (χ2n) is 6.69. The number of para-hydroxylation sites is 1. The van der Waals surface area contributed by atoms with Crippen LogP contribution in [0.3, 0.4) is 0 Å². The number of carbonyl (C=O) groups is 2. The van der Waals surface area contributed by atoms with Crippen LogP contribution in [0.1, 0.15) is 37.4 Å². The average molecular weight is 355 g/mol. The van der Waals surface area contributed by atoms with Crippen LogP contribution in [0, 0.1) is 5.41 Å². The molecule has 1 atom stereocenters. The number of fused-ring (bicyclic) bond motifs is 3. The van der Waals surface area contributed by atoms with Gasteiger partial charge >= 0.3 is 11.9 Å². The van der Waals surface area contributed by atoms with Crippen molar-refractivity contribution in [2.75, 3.05) is 13.2 Å². The molecule has 0 radical (unpaired) electrons. The van der Waals surface area contributed by atoms with Crippen molar-refractivity contribution in [3.8, 4) is 0 Å². The topological polar surface area (TPSA) is 57.5 Å². The molecule has 0 aliphatic heterocycles. The van der Waals surface area contributed by atoms with E-state index >= 15 is 0 Å². The summed E-state index contributed by atoms with van der Waals surface area (Å²) in [5.74, 6) is -1.15. The number of aryl methyl sites for hydroxylation is 1. The van der Waals surface area contributed by atoms with Crippen molar-refractivity contribution >= 4 is 22.8 Å². The Balaban J connectivity index is 2.22. The molecule has 1 aromatic heterocycles. The number of esters is 2. The molecular formula is C21H25NO4. The van der Waals surface area contributed by atoms with Crippen molar-refractivity contribution in [1.29, 1.82) is 0 Å². The van der Waals surface area contributed by atoms with E-state index in [9.17, 15) is 9.59 Å². The van der Waals surface area contributed by atoms with E-state index in [0.29, 0.717) is 6.42 Å². The van der Waals surface area contributed by atoms with Crippen molar-refractivity contribution < 1.29 is 19.1 Å². The van der Waals surface area contributed by atoms with Crippen LogP contribution in [0.15, 0.2) is 36.9 Å². The van der Waals surface area contributed by atoms with E-state index in [1.54, 1.807) is 13.8 Å². The van der Waals surface area contributed by atoms with Crippen LogP contribution in [0.2, 0.25) is 0 Å². The normalized spacial score (nSPS) is 18.2. The quantitative estimate of drug-likeness (QED) is 0.468. The average Bonchev–Trinajstić information content (AvgIpc) is 2.94. The summed E-state index contributed by atoms with van der Waals surface area (Å²) in [6.45, 7) is 7.89. The minimum absolute atomic E-state index is 0.134. The molecule has 0 N–H and O–H groups in total. The number of rotatable bonds is 5. The number of hydrogen-bond acceptors (Lipinski definition) is 4. The Kier molecular flexibility index (Phi) is 4.90. The van der Waals surface area contributed by atoms with Gasteiger partial charge in [0.1, 0.15) is 0 Å². The van der Waals surface area contributed by atoms with E-state index in [1.807, 2.05) is 37.4 Å². The van der Waals surface area contributed by atoms with Gasteiger partial charge in [-0.05, 0) is 31.9 Å². The Labute approximate surface area is 153 Å². The first-order valence-electron chi connectivity index (χ1n) is 9.03. The molecule has 1 aliphatic rings. The van der Waals surface area contributed by atoms with Gasteiger partial charge in [-0.1, -0.05) is 24.3 Å². The highest BCUT2D eigenvalue weighted by Gasteiger charge is 2.54. The van der Waals surface area contributed by atoms with Crippen molar-refractivity contribution in [1.82, 2.24) is 4.57 Å². The molecule has 0 fully saturated rings. The predicted octanol–water partition coefficient (Wildman–Crippen LogP) is 3.51. The number of allylic oxidation sites excluding steroid dienone is 1. The first-order chi connectivity index (χ1) is 12.5. The number of nitrogens with zero attached hydrogens (tertiary/aromatic N) is 1. The summed E-state index contributed by atoms with van der Waals surface area (Å²) in [7, 11) is 2.01. The molecule has 2 aromatic rings. The van der Waals surface area contributed by atoms with Crippen LogP contribution < -0.4 is 0 Å². The first-order valence-corrected chi connectivity index (χ1v) is 9.03. The Morgan fingerprint density at radius 1 is 1.23 bits per heavy atom. The second-order valence-corrected chi connectivity index (χ2v) is 6.69. The maximum Gasteiger partial charge on any atom is 0.323 e. The molecule has 26 heavy (non-hydrogen) atoms. The largest absolute Gasteiger partial charge is 0.465 e. The lowest BCUT2D eigenvalue weighted by Gasteiger charge is -2.36. The molecule has 0 bridgehead atoms. The SMILES string of the molecule is C=CC1CC(C(=O)OCC)(C(=O)OCC)Cc2c1n(C)c1ccccc21. The lowest BCUT2D eigenvalue weighted by atomic mass is 9.68. The molecule has 5 nitrogen and oxygen atoms in total. The summed E-state index contributed by atoms with van der Waals surface area (Å²) in [6, 6.07) is 8.03. The Bertz CT molecular complexity index is 846. The molecule has 3 rings (SSSR count). The molecular weight excluding hydrogens is 330 g/mol. The van der Waals surface area contributed by atoms with Gasteiger partial charge < -0.3 is 14.0 Å². The van der Waals surface area contributed by atoms with E-state index < -0.39 is 17.4 Å². The number of hydrogen-bond donors (Lipinski definition) is 0. The molecule has 0 saturated carbocycles. The van der Waals surface area contributed by atoms with Crippen LogP contribution in [-0.2, 0) is 32.5 Å². The number of ether oxygens (including phenoxy) is 2. The van der Waals surface area contributed by atoms with E-state index in [2.05, 4.69) is 11.1 Å². The lowest BCUT2D eigenvalue weighted by Crippen LogP contribution is -2.47. The van der Waals surface area contributed by atoms with E-state index in [1.165, 1.54) is 0 Å². The lowest BCUT2D eigenvalue weighted by molar-refractivity contribution is -0.173. The highest BCUT2D eigenvalue weighted by molar-refractivity contribution is 6.02. The highest BCUT2D eigenvalue weighted by atomic mass is 16.6. The smallest absolute Gasteiger partial charge is 0.323 e. The van der Waals surface area contributed by atoms with Gasteiger partial charge in [-0.15, -0.1) is 6.58 Å². The van der Waals surface area contributed by atoms with Crippen molar-refractivity contribution in [3.63, 3.8) is 0 Å². The minimum Gasteiger partial charge on any atom is -0.465 e. The third-order valence-corrected chi connectivity index (χ3v) is 5.28. The van der Waals surface area contributed by atoms with Crippen molar-refractivity contribution in [3.05, 3.63) is 48.2 Å². The standard InChI is InChI=1S/C21H25NO4/c1-5-14-12-21(19(23)25-6-2,20(24)26-7-3)13-16-15-10-8-9-11-17(15)22(4)18(14)16/h5,8-11,14H,1,6-7,12-13H2,2-4H3. The molecule has 5 heteroatoms. The fourth-order valence-electron chi connectivity index (χ4n) is 4.12. The summed E-state index contributed by atoms with van der Waals surface area (Å²) in [5, 5.41) is 1.05. The highest BCUT2D eigenvalue weighted by Crippen LogP contribution is 2.47. The molecule has 0 saturated heterocycles. The number of carbonyl (C=O) groups excluding carboxylic acids is 2. The zero-order chi connectivity index (χ0) is 18.9. The van der Waals surface area contributed by atoms with Gasteiger partial charge in [0.15, 0.2) is 5.41 Å². The zero-order valence-corrected chi connectivity index (χ0v) is 15.6. The Hall–Kier alpha value is -2.56. The van der Waals surface area contributed by atoms with Crippen LogP contribution in [0.25, 0.3) is 10.9 Å². The van der Waals surface area contributed by atoms with E-state index in [4.69, 9.17) is 9.47 Å². The molecule has 1 aromatic carbocycles. The number of aromatic nitrogens is 1. The maximum absolute atomic E-state index is 12.9. The van der Waals surface area contributed by atoms with Crippen LogP contribution in [0.4, 0.5) is 0 Å². The predicted molar refractivity (Wildman–Crippen MR) is 99.9 cm³/mol. The minimum atomic E-state index is -1.33. The van der Waals surface area contributed by atoms with E-state index in [-0.39, 0.29) is 25.6 Å². The molecule has 0 amide bonds. The molecule has 1 heterocycles. The Morgan fingerprint density at radius 2 is 1.85 bits per heavy atom. The summed E-state index contributed by atoms with van der Waals surface area (Å²) in [5.41, 5.74) is 1.85. The second kappa shape index (κ2) is 6.98. The van der Waals surface area contributed by atoms with Crippen molar-refractivity contribution in [2.45, 2.75) is 32.6 Å². The summed E-state index contributed by atoms with van der Waals surface area (Å²) < 4.78 is 12.7. The van der Waals surface area contributed by atoms with Gasteiger partial charge in [0.2, 0.25) is 0 Å². The monoisotopic (exact) mass is 355 g/mol. The van der Waals surface area contributed by atoms with Gasteiger partial charge in [0.05, 0.1) is 13.2 Å². The van der Waals surface area contributed by atoms with Crippen LogP contribution in [-0.4, -0.2) is 29.7 Å². The van der Waals surface area contributed by atoms with Gasteiger partial charge in [-0.2, -0.15) is 0 Å².